The van der Waals surface area contributed by atoms with E-state index in [1.165, 1.54) is 11.8 Å². The summed E-state index contributed by atoms with van der Waals surface area (Å²) in [5, 5.41) is 16.2. The van der Waals surface area contributed by atoms with Gasteiger partial charge in [-0.1, -0.05) is 25.6 Å². The predicted molar refractivity (Wildman–Crippen MR) is 61.5 cm³/mol. The lowest BCUT2D eigenvalue weighted by atomic mass is 10.3. The van der Waals surface area contributed by atoms with E-state index in [4.69, 9.17) is 8.83 Å². The molecule has 0 unspecified atom stereocenters. The van der Waals surface area contributed by atoms with E-state index in [1.54, 1.807) is 0 Å². The zero-order chi connectivity index (χ0) is 12.1. The Labute approximate surface area is 103 Å². The Kier molecular flexibility index (Phi) is 4.13. The molecule has 2 aromatic rings. The van der Waals surface area contributed by atoms with Gasteiger partial charge >= 0.3 is 0 Å². The van der Waals surface area contributed by atoms with Crippen LogP contribution in [0.2, 0.25) is 0 Å². The topological polar surface area (TPSA) is 77.8 Å². The van der Waals surface area contributed by atoms with Gasteiger partial charge in [0.15, 0.2) is 0 Å². The van der Waals surface area contributed by atoms with Crippen molar-refractivity contribution in [2.24, 2.45) is 0 Å². The molecule has 0 aliphatic carbocycles. The third-order valence-electron chi connectivity index (χ3n) is 2.04. The minimum Gasteiger partial charge on any atom is -0.424 e. The van der Waals surface area contributed by atoms with Gasteiger partial charge < -0.3 is 8.83 Å². The number of aryl methyl sites for hydroxylation is 2. The highest BCUT2D eigenvalue weighted by atomic mass is 32.2. The highest BCUT2D eigenvalue weighted by Gasteiger charge is 2.09. The van der Waals surface area contributed by atoms with Crippen molar-refractivity contribution in [1.82, 2.24) is 20.4 Å². The molecule has 0 saturated carbocycles. The fraction of sp³-hybridized carbons (Fsp3) is 0.600. The fourth-order valence-corrected chi connectivity index (χ4v) is 1.84. The first-order valence-electron chi connectivity index (χ1n) is 5.58. The van der Waals surface area contributed by atoms with Gasteiger partial charge in [0.1, 0.15) is 0 Å². The molecule has 0 aromatic carbocycles. The van der Waals surface area contributed by atoms with Gasteiger partial charge in [0.2, 0.25) is 17.7 Å². The summed E-state index contributed by atoms with van der Waals surface area (Å²) in [6, 6.07) is 0. The van der Waals surface area contributed by atoms with E-state index in [9.17, 15) is 0 Å². The molecule has 17 heavy (non-hydrogen) atoms. The number of rotatable bonds is 6. The summed E-state index contributed by atoms with van der Waals surface area (Å²) >= 11 is 1.41. The Hall–Kier alpha value is -1.37. The Morgan fingerprint density at radius 1 is 0.941 bits per heavy atom. The van der Waals surface area contributed by atoms with Crippen molar-refractivity contribution >= 4 is 11.8 Å². The quantitative estimate of drug-likeness (QED) is 0.731. The third kappa shape index (κ3) is 3.29. The molecule has 0 amide bonds. The van der Waals surface area contributed by atoms with Crippen LogP contribution in [0.4, 0.5) is 0 Å². The standard InChI is InChI=1S/C10H14N4O2S/c1-3-5-8-12-14-10(16-8)17-6-9-13-11-7(4-2)15-9/h3-6H2,1-2H3. The van der Waals surface area contributed by atoms with Gasteiger partial charge in [-0.05, 0) is 6.42 Å². The summed E-state index contributed by atoms with van der Waals surface area (Å²) in [7, 11) is 0. The minimum atomic E-state index is 0.546. The number of nitrogens with zero attached hydrogens (tertiary/aromatic N) is 4. The molecule has 0 spiro atoms. The fourth-order valence-electron chi connectivity index (χ4n) is 1.22. The largest absolute Gasteiger partial charge is 0.424 e. The van der Waals surface area contributed by atoms with E-state index < -0.39 is 0 Å². The van der Waals surface area contributed by atoms with E-state index in [0.717, 1.165) is 19.3 Å². The predicted octanol–water partition coefficient (Wildman–Crippen LogP) is 2.26. The van der Waals surface area contributed by atoms with Crippen LogP contribution in [0, 0.1) is 0 Å². The van der Waals surface area contributed by atoms with Gasteiger partial charge in [-0.25, -0.2) is 0 Å². The molecule has 2 aromatic heterocycles. The van der Waals surface area contributed by atoms with Gasteiger partial charge in [-0.2, -0.15) is 0 Å². The maximum absolute atomic E-state index is 5.43. The third-order valence-corrected chi connectivity index (χ3v) is 2.85. The van der Waals surface area contributed by atoms with E-state index in [-0.39, 0.29) is 0 Å². The Balaban J connectivity index is 1.88. The van der Waals surface area contributed by atoms with E-state index in [1.807, 2.05) is 6.92 Å². The van der Waals surface area contributed by atoms with Crippen molar-refractivity contribution in [1.29, 1.82) is 0 Å². The number of thioether (sulfide) groups is 1. The molecule has 6 nitrogen and oxygen atoms in total. The lowest BCUT2D eigenvalue weighted by Crippen LogP contribution is -1.80. The number of aromatic nitrogens is 4. The van der Waals surface area contributed by atoms with Gasteiger partial charge in [0.05, 0.1) is 5.75 Å². The average molecular weight is 254 g/mol. The normalized spacial score (nSPS) is 10.9. The van der Waals surface area contributed by atoms with Gasteiger partial charge in [0, 0.05) is 12.8 Å². The Morgan fingerprint density at radius 2 is 1.71 bits per heavy atom. The van der Waals surface area contributed by atoms with Crippen LogP contribution in [-0.2, 0) is 18.6 Å². The second-order valence-corrected chi connectivity index (χ2v) is 4.37. The number of hydrogen-bond acceptors (Lipinski definition) is 7. The van der Waals surface area contributed by atoms with Crippen LogP contribution < -0.4 is 0 Å². The Morgan fingerprint density at radius 3 is 2.41 bits per heavy atom. The summed E-state index contributed by atoms with van der Waals surface area (Å²) in [6.07, 6.45) is 2.56. The van der Waals surface area contributed by atoms with Crippen LogP contribution in [0.3, 0.4) is 0 Å². The lowest BCUT2D eigenvalue weighted by Gasteiger charge is -1.90. The van der Waals surface area contributed by atoms with Crippen molar-refractivity contribution in [2.75, 3.05) is 0 Å². The van der Waals surface area contributed by atoms with Crippen LogP contribution >= 0.6 is 11.8 Å². The summed E-state index contributed by atoms with van der Waals surface area (Å²) in [5.41, 5.74) is 0. The summed E-state index contributed by atoms with van der Waals surface area (Å²) < 4.78 is 10.8. The molecule has 0 aliphatic rings. The molecular formula is C10H14N4O2S. The molecule has 0 bridgehead atoms. The van der Waals surface area contributed by atoms with Crippen LogP contribution in [0.15, 0.2) is 14.1 Å². The van der Waals surface area contributed by atoms with Crippen molar-refractivity contribution < 1.29 is 8.83 Å². The van der Waals surface area contributed by atoms with Gasteiger partial charge in [0.25, 0.3) is 5.22 Å². The lowest BCUT2D eigenvalue weighted by molar-refractivity contribution is 0.410. The molecule has 2 rings (SSSR count). The van der Waals surface area contributed by atoms with Crippen LogP contribution in [0.5, 0.6) is 0 Å². The van der Waals surface area contributed by atoms with Crippen LogP contribution in [0.1, 0.15) is 37.9 Å². The van der Waals surface area contributed by atoms with Crippen molar-refractivity contribution in [3.8, 4) is 0 Å². The first-order chi connectivity index (χ1) is 8.31. The van der Waals surface area contributed by atoms with E-state index >= 15 is 0 Å². The zero-order valence-corrected chi connectivity index (χ0v) is 10.7. The SMILES string of the molecule is CCCc1nnc(SCc2nnc(CC)o2)o1. The molecule has 0 N–H and O–H groups in total. The highest BCUT2D eigenvalue weighted by molar-refractivity contribution is 7.98. The molecule has 0 atom stereocenters. The van der Waals surface area contributed by atoms with E-state index in [0.29, 0.717) is 28.6 Å². The van der Waals surface area contributed by atoms with Gasteiger partial charge in [-0.15, -0.1) is 20.4 Å². The molecular weight excluding hydrogens is 240 g/mol. The van der Waals surface area contributed by atoms with Crippen molar-refractivity contribution in [2.45, 2.75) is 44.1 Å². The van der Waals surface area contributed by atoms with Crippen LogP contribution in [0.25, 0.3) is 0 Å². The minimum absolute atomic E-state index is 0.546. The molecule has 0 fully saturated rings. The first kappa shape index (κ1) is 12.1. The van der Waals surface area contributed by atoms with Crippen LogP contribution in [-0.4, -0.2) is 20.4 Å². The smallest absolute Gasteiger partial charge is 0.277 e. The summed E-state index contributed by atoms with van der Waals surface area (Å²) in [5.74, 6) is 2.47. The highest BCUT2D eigenvalue weighted by Crippen LogP contribution is 2.21. The first-order valence-corrected chi connectivity index (χ1v) is 6.56. The van der Waals surface area contributed by atoms with E-state index in [2.05, 4.69) is 27.3 Å². The number of hydrogen-bond donors (Lipinski definition) is 0. The molecule has 2 heterocycles. The molecule has 0 aliphatic heterocycles. The maximum Gasteiger partial charge on any atom is 0.277 e. The second kappa shape index (κ2) is 5.81. The maximum atomic E-state index is 5.43. The summed E-state index contributed by atoms with van der Waals surface area (Å²) in [6.45, 7) is 4.04. The molecule has 0 saturated heterocycles. The van der Waals surface area contributed by atoms with Crippen molar-refractivity contribution in [3.05, 3.63) is 17.7 Å². The second-order valence-electron chi connectivity index (χ2n) is 3.44. The monoisotopic (exact) mass is 254 g/mol. The Bertz CT molecular complexity index is 468. The molecule has 92 valence electrons. The van der Waals surface area contributed by atoms with Gasteiger partial charge in [-0.3, -0.25) is 0 Å². The van der Waals surface area contributed by atoms with Crippen molar-refractivity contribution in [3.63, 3.8) is 0 Å². The molecule has 0 radical (unpaired) electrons. The zero-order valence-electron chi connectivity index (χ0n) is 9.84. The summed E-state index contributed by atoms with van der Waals surface area (Å²) in [4.78, 5) is 0. The average Bonchev–Trinajstić information content (AvgIpc) is 2.95. The molecule has 7 heteroatoms.